The maximum absolute atomic E-state index is 8.93. The van der Waals surface area contributed by atoms with Gasteiger partial charge in [0.25, 0.3) is 0 Å². The van der Waals surface area contributed by atoms with Gasteiger partial charge in [0.1, 0.15) is 0 Å². The Balaban J connectivity index is 1.94. The molecule has 0 aliphatic rings. The molecule has 0 radical (unpaired) electrons. The molecule has 19 heavy (non-hydrogen) atoms. The molecule has 5 heteroatoms. The standard InChI is InChI=1S/C14H22N4O/c1-17(8-12(15)9-19)6-5-11-3-4-14-13(7-11)16-10-18(14)2/h3-4,7,10,12,19H,5-6,8-9,15H2,1-2H3. The average Bonchev–Trinajstić information content (AvgIpc) is 2.77. The van der Waals surface area contributed by atoms with E-state index in [1.807, 2.05) is 25.0 Å². The number of aliphatic hydroxyl groups is 1. The summed E-state index contributed by atoms with van der Waals surface area (Å²) in [5, 5.41) is 8.93. The Bertz CT molecular complexity index is 537. The molecular formula is C14H22N4O. The van der Waals surface area contributed by atoms with Gasteiger partial charge in [-0.05, 0) is 31.2 Å². The predicted molar refractivity (Wildman–Crippen MR) is 77.0 cm³/mol. The van der Waals surface area contributed by atoms with Crippen LogP contribution in [0.1, 0.15) is 5.56 Å². The number of likely N-dealkylation sites (N-methyl/N-ethyl adjacent to an activating group) is 1. The number of fused-ring (bicyclic) bond motifs is 1. The molecule has 0 fully saturated rings. The van der Waals surface area contributed by atoms with Crippen molar-refractivity contribution < 1.29 is 5.11 Å². The van der Waals surface area contributed by atoms with Crippen molar-refractivity contribution >= 4 is 11.0 Å². The number of aryl methyl sites for hydroxylation is 1. The predicted octanol–water partition coefficient (Wildman–Crippen LogP) is 0.367. The van der Waals surface area contributed by atoms with E-state index in [1.165, 1.54) is 5.56 Å². The Kier molecular flexibility index (Phi) is 4.52. The number of rotatable bonds is 6. The largest absolute Gasteiger partial charge is 0.395 e. The molecule has 5 nitrogen and oxygen atoms in total. The molecule has 0 saturated heterocycles. The molecule has 2 rings (SSSR count). The van der Waals surface area contributed by atoms with Crippen LogP contribution in [0.25, 0.3) is 11.0 Å². The van der Waals surface area contributed by atoms with Crippen LogP contribution in [-0.2, 0) is 13.5 Å². The third-order valence-corrected chi connectivity index (χ3v) is 3.35. The summed E-state index contributed by atoms with van der Waals surface area (Å²) in [6.07, 6.45) is 2.79. The number of hydrogen-bond acceptors (Lipinski definition) is 4. The highest BCUT2D eigenvalue weighted by Crippen LogP contribution is 2.14. The summed E-state index contributed by atoms with van der Waals surface area (Å²) in [5.74, 6) is 0. The van der Waals surface area contributed by atoms with Crippen LogP contribution < -0.4 is 5.73 Å². The summed E-state index contributed by atoms with van der Waals surface area (Å²) >= 11 is 0. The fraction of sp³-hybridized carbons (Fsp3) is 0.500. The topological polar surface area (TPSA) is 67.3 Å². The molecule has 0 spiro atoms. The molecule has 1 aromatic heterocycles. The zero-order chi connectivity index (χ0) is 13.8. The minimum absolute atomic E-state index is 0.0320. The summed E-state index contributed by atoms with van der Waals surface area (Å²) in [5.41, 5.74) is 9.18. The molecular weight excluding hydrogens is 240 g/mol. The molecule has 1 heterocycles. The lowest BCUT2D eigenvalue weighted by molar-refractivity contribution is 0.223. The van der Waals surface area contributed by atoms with Crippen molar-refractivity contribution in [2.75, 3.05) is 26.7 Å². The molecule has 104 valence electrons. The first-order valence-electron chi connectivity index (χ1n) is 6.55. The summed E-state index contributed by atoms with van der Waals surface area (Å²) in [6.45, 7) is 1.67. The van der Waals surface area contributed by atoms with Crippen LogP contribution in [0.5, 0.6) is 0 Å². The van der Waals surface area contributed by atoms with Gasteiger partial charge in [0.2, 0.25) is 0 Å². The molecule has 1 unspecified atom stereocenters. The van der Waals surface area contributed by atoms with Crippen molar-refractivity contribution in [3.63, 3.8) is 0 Å². The molecule has 2 aromatic rings. The lowest BCUT2D eigenvalue weighted by atomic mass is 10.1. The maximum atomic E-state index is 8.93. The third-order valence-electron chi connectivity index (χ3n) is 3.35. The molecule has 0 bridgehead atoms. The third kappa shape index (κ3) is 3.53. The Hall–Kier alpha value is -1.43. The van der Waals surface area contributed by atoms with Gasteiger partial charge in [-0.3, -0.25) is 0 Å². The quantitative estimate of drug-likeness (QED) is 0.789. The highest BCUT2D eigenvalue weighted by atomic mass is 16.3. The molecule has 0 aliphatic carbocycles. The molecule has 0 saturated carbocycles. The van der Waals surface area contributed by atoms with Gasteiger partial charge in [-0.15, -0.1) is 0 Å². The van der Waals surface area contributed by atoms with E-state index in [-0.39, 0.29) is 12.6 Å². The average molecular weight is 262 g/mol. The Morgan fingerprint density at radius 2 is 2.26 bits per heavy atom. The SMILES string of the molecule is CN(CCc1ccc2c(c1)ncn2C)CC(N)CO. The maximum Gasteiger partial charge on any atom is 0.0955 e. The van der Waals surface area contributed by atoms with Crippen molar-refractivity contribution in [3.05, 3.63) is 30.1 Å². The second-order valence-corrected chi connectivity index (χ2v) is 5.13. The van der Waals surface area contributed by atoms with Gasteiger partial charge >= 0.3 is 0 Å². The molecule has 1 atom stereocenters. The van der Waals surface area contributed by atoms with Crippen molar-refractivity contribution in [2.24, 2.45) is 12.8 Å². The minimum atomic E-state index is -0.164. The van der Waals surface area contributed by atoms with Gasteiger partial charge < -0.3 is 20.3 Å². The monoisotopic (exact) mass is 262 g/mol. The van der Waals surface area contributed by atoms with Crippen LogP contribution >= 0.6 is 0 Å². The summed E-state index contributed by atoms with van der Waals surface area (Å²) in [6, 6.07) is 6.22. The van der Waals surface area contributed by atoms with Crippen LogP contribution in [-0.4, -0.2) is 52.3 Å². The fourth-order valence-electron chi connectivity index (χ4n) is 2.21. The number of benzene rings is 1. The Labute approximate surface area is 113 Å². The summed E-state index contributed by atoms with van der Waals surface area (Å²) in [7, 11) is 4.02. The molecule has 0 amide bonds. The van der Waals surface area contributed by atoms with E-state index in [2.05, 4.69) is 28.1 Å². The van der Waals surface area contributed by atoms with E-state index in [0.717, 1.165) is 24.0 Å². The van der Waals surface area contributed by atoms with Crippen molar-refractivity contribution in [2.45, 2.75) is 12.5 Å². The van der Waals surface area contributed by atoms with Gasteiger partial charge in [-0.2, -0.15) is 0 Å². The van der Waals surface area contributed by atoms with E-state index in [4.69, 9.17) is 10.8 Å². The molecule has 1 aromatic carbocycles. The second-order valence-electron chi connectivity index (χ2n) is 5.13. The number of aliphatic hydroxyl groups excluding tert-OH is 1. The number of aromatic nitrogens is 2. The van der Waals surface area contributed by atoms with E-state index < -0.39 is 0 Å². The first-order valence-corrected chi connectivity index (χ1v) is 6.55. The van der Waals surface area contributed by atoms with Crippen LogP contribution in [0, 0.1) is 0 Å². The normalized spacial score (nSPS) is 13.3. The Morgan fingerprint density at radius 3 is 3.00 bits per heavy atom. The summed E-state index contributed by atoms with van der Waals surface area (Å²) < 4.78 is 2.02. The molecule has 3 N–H and O–H groups in total. The van der Waals surface area contributed by atoms with Crippen LogP contribution in [0.15, 0.2) is 24.5 Å². The smallest absolute Gasteiger partial charge is 0.0955 e. The van der Waals surface area contributed by atoms with Gasteiger partial charge in [0, 0.05) is 26.2 Å². The van der Waals surface area contributed by atoms with Crippen LogP contribution in [0.3, 0.4) is 0 Å². The summed E-state index contributed by atoms with van der Waals surface area (Å²) in [4.78, 5) is 6.51. The van der Waals surface area contributed by atoms with E-state index in [9.17, 15) is 0 Å². The van der Waals surface area contributed by atoms with Gasteiger partial charge in [-0.25, -0.2) is 4.98 Å². The van der Waals surface area contributed by atoms with E-state index in [0.29, 0.717) is 6.54 Å². The van der Waals surface area contributed by atoms with Crippen molar-refractivity contribution in [3.8, 4) is 0 Å². The lowest BCUT2D eigenvalue weighted by Crippen LogP contribution is -2.38. The lowest BCUT2D eigenvalue weighted by Gasteiger charge is -2.19. The second kappa shape index (κ2) is 6.14. The van der Waals surface area contributed by atoms with Crippen molar-refractivity contribution in [1.29, 1.82) is 0 Å². The first-order chi connectivity index (χ1) is 9.10. The van der Waals surface area contributed by atoms with E-state index >= 15 is 0 Å². The van der Waals surface area contributed by atoms with Gasteiger partial charge in [0.05, 0.1) is 24.0 Å². The fourth-order valence-corrected chi connectivity index (χ4v) is 2.21. The van der Waals surface area contributed by atoms with Crippen molar-refractivity contribution in [1.82, 2.24) is 14.5 Å². The highest BCUT2D eigenvalue weighted by Gasteiger charge is 2.06. The number of hydrogen-bond donors (Lipinski definition) is 2. The van der Waals surface area contributed by atoms with Gasteiger partial charge in [-0.1, -0.05) is 6.07 Å². The number of nitrogens with two attached hydrogens (primary N) is 1. The van der Waals surface area contributed by atoms with Gasteiger partial charge in [0.15, 0.2) is 0 Å². The zero-order valence-electron chi connectivity index (χ0n) is 11.6. The molecule has 0 aliphatic heterocycles. The number of imidazole rings is 1. The zero-order valence-corrected chi connectivity index (χ0v) is 11.6. The van der Waals surface area contributed by atoms with Crippen LogP contribution in [0.4, 0.5) is 0 Å². The first kappa shape index (κ1) is 14.0. The minimum Gasteiger partial charge on any atom is -0.395 e. The Morgan fingerprint density at radius 1 is 1.47 bits per heavy atom. The number of nitrogens with zero attached hydrogens (tertiary/aromatic N) is 3. The van der Waals surface area contributed by atoms with Crippen LogP contribution in [0.2, 0.25) is 0 Å². The highest BCUT2D eigenvalue weighted by molar-refractivity contribution is 5.75. The van der Waals surface area contributed by atoms with E-state index in [1.54, 1.807) is 0 Å².